The molecule has 14 heteroatoms. The number of rotatable bonds is 9. The summed E-state index contributed by atoms with van der Waals surface area (Å²) in [7, 11) is -1.94. The lowest BCUT2D eigenvalue weighted by Gasteiger charge is -2.38. The van der Waals surface area contributed by atoms with E-state index in [1.165, 1.54) is 55.5 Å². The van der Waals surface area contributed by atoms with E-state index in [0.29, 0.717) is 23.1 Å². The number of methoxy groups -OCH3 is 2. The van der Waals surface area contributed by atoms with Crippen LogP contribution < -0.4 is 23.4 Å². The van der Waals surface area contributed by atoms with Gasteiger partial charge in [-0.2, -0.15) is 4.31 Å². The van der Waals surface area contributed by atoms with Crippen LogP contribution in [0.15, 0.2) is 90.1 Å². The average molecular weight is 693 g/mol. The number of amides is 2. The van der Waals surface area contributed by atoms with E-state index in [1.54, 1.807) is 43.6 Å². The number of hydrogen-bond donors (Lipinski definition) is 0. The van der Waals surface area contributed by atoms with Crippen LogP contribution in [0.5, 0.6) is 17.2 Å². The van der Waals surface area contributed by atoms with Gasteiger partial charge in [-0.3, -0.25) is 9.78 Å². The zero-order valence-electron chi connectivity index (χ0n) is 26.5. The van der Waals surface area contributed by atoms with Crippen molar-refractivity contribution in [1.29, 1.82) is 0 Å². The number of carbonyl (C=O) groups excluding carboxylic acids is 2. The number of anilines is 2. The predicted molar refractivity (Wildman–Crippen MR) is 179 cm³/mol. The lowest BCUT2D eigenvalue weighted by atomic mass is 9.86. The smallest absolute Gasteiger partial charge is 0.411 e. The van der Waals surface area contributed by atoms with Crippen LogP contribution in [0.2, 0.25) is 5.02 Å². The van der Waals surface area contributed by atoms with Gasteiger partial charge in [0.15, 0.2) is 0 Å². The molecule has 0 bridgehead atoms. The molecule has 2 aliphatic heterocycles. The van der Waals surface area contributed by atoms with Gasteiger partial charge in [0.2, 0.25) is 5.60 Å². The molecule has 0 aliphatic carbocycles. The summed E-state index contributed by atoms with van der Waals surface area (Å²) in [5.74, 6) is -0.512. The van der Waals surface area contributed by atoms with Gasteiger partial charge in [0, 0.05) is 60.9 Å². The monoisotopic (exact) mass is 692 g/mol. The number of hydrogen-bond acceptors (Lipinski definition) is 10. The summed E-state index contributed by atoms with van der Waals surface area (Å²) in [4.78, 5) is 36.5. The molecule has 1 saturated heterocycles. The van der Waals surface area contributed by atoms with Gasteiger partial charge in [-0.25, -0.2) is 13.2 Å². The Bertz CT molecular complexity index is 1950. The Balaban J connectivity index is 1.47. The predicted octanol–water partition coefficient (Wildman–Crippen LogP) is 5.09. The first-order chi connectivity index (χ1) is 23.1. The minimum atomic E-state index is -4.68. The number of ether oxygens (including phenoxy) is 4. The van der Waals surface area contributed by atoms with Crippen molar-refractivity contribution in [3.63, 3.8) is 0 Å². The molecule has 2 aliphatic rings. The molecule has 0 saturated carbocycles. The summed E-state index contributed by atoms with van der Waals surface area (Å²) >= 11 is 6.50. The highest BCUT2D eigenvalue weighted by Gasteiger charge is 2.61. The Morgan fingerprint density at radius 3 is 2.31 bits per heavy atom. The number of pyridine rings is 1. The first kappa shape index (κ1) is 32.9. The molecule has 6 rings (SSSR count). The summed E-state index contributed by atoms with van der Waals surface area (Å²) < 4.78 is 52.6. The molecule has 1 atom stereocenters. The number of sulfonamides is 1. The van der Waals surface area contributed by atoms with Crippen LogP contribution >= 0.6 is 11.6 Å². The molecule has 0 N–H and O–H groups in total. The quantitative estimate of drug-likeness (QED) is 0.234. The van der Waals surface area contributed by atoms with Gasteiger partial charge in [-0.15, -0.1) is 0 Å². The van der Waals surface area contributed by atoms with Gasteiger partial charge in [0.1, 0.15) is 22.1 Å². The molecule has 3 aromatic carbocycles. The topological polar surface area (TPSA) is 128 Å². The summed E-state index contributed by atoms with van der Waals surface area (Å²) in [6, 6.07) is 18.8. The first-order valence-electron chi connectivity index (χ1n) is 15.1. The Morgan fingerprint density at radius 2 is 1.62 bits per heavy atom. The number of para-hydroxylation sites is 1. The Hall–Kier alpha value is -5.01. The number of piperazine rings is 1. The zero-order chi connectivity index (χ0) is 34.1. The third-order valence-corrected chi connectivity index (χ3v) is 10.3. The largest absolute Gasteiger partial charge is 0.497 e. The van der Waals surface area contributed by atoms with Crippen LogP contribution in [0.4, 0.5) is 16.2 Å². The molecule has 3 heterocycles. The fourth-order valence-corrected chi connectivity index (χ4v) is 7.78. The van der Waals surface area contributed by atoms with Gasteiger partial charge >= 0.3 is 6.09 Å². The van der Waals surface area contributed by atoms with Crippen LogP contribution in [0.1, 0.15) is 18.1 Å². The molecule has 12 nitrogen and oxygen atoms in total. The molecular formula is C34H33ClN4O8S. The summed E-state index contributed by atoms with van der Waals surface area (Å²) in [6.45, 7) is 3.55. The molecule has 0 radical (unpaired) electrons. The molecule has 250 valence electrons. The molecule has 0 spiro atoms. The third kappa shape index (κ3) is 5.62. The summed E-state index contributed by atoms with van der Waals surface area (Å²) in [5.41, 5.74) is -1.16. The lowest BCUT2D eigenvalue weighted by molar-refractivity contribution is -0.132. The Morgan fingerprint density at radius 1 is 0.896 bits per heavy atom. The van der Waals surface area contributed by atoms with Crippen LogP contribution in [-0.2, 0) is 25.2 Å². The number of fused-ring (bicyclic) bond motifs is 1. The van der Waals surface area contributed by atoms with E-state index in [-0.39, 0.29) is 57.9 Å². The second-order valence-electron chi connectivity index (χ2n) is 10.9. The standard InChI is InChI=1S/C34H33ClN4O8S/c1-4-46-29-8-6-5-7-26(29)34(47-33(41)38-19-17-37(18-20-38)24-13-15-36-16-14-24)27-21-23(35)9-11-28(27)39(32(34)40)48(42,43)31-12-10-25(44-2)22-30(31)45-3/h5-16,21-22H,4,17-20H2,1-3H3. The highest BCUT2D eigenvalue weighted by atomic mass is 35.5. The number of benzene rings is 3. The van der Waals surface area contributed by atoms with Crippen LogP contribution in [0.3, 0.4) is 0 Å². The van der Waals surface area contributed by atoms with E-state index in [1.807, 2.05) is 12.1 Å². The van der Waals surface area contributed by atoms with E-state index >= 15 is 4.79 Å². The minimum absolute atomic E-state index is 0.0381. The second-order valence-corrected chi connectivity index (χ2v) is 13.1. The van der Waals surface area contributed by atoms with Gasteiger partial charge < -0.3 is 28.7 Å². The van der Waals surface area contributed by atoms with Crippen molar-refractivity contribution in [2.75, 3.05) is 56.2 Å². The fraction of sp³-hybridized carbons (Fsp3) is 0.265. The average Bonchev–Trinajstić information content (AvgIpc) is 3.36. The van der Waals surface area contributed by atoms with Crippen molar-refractivity contribution in [3.8, 4) is 17.2 Å². The van der Waals surface area contributed by atoms with Crippen LogP contribution in [0, 0.1) is 0 Å². The Labute approximate surface area is 283 Å². The van der Waals surface area contributed by atoms with Gasteiger partial charge in [0.05, 0.1) is 32.1 Å². The lowest BCUT2D eigenvalue weighted by Crippen LogP contribution is -2.53. The van der Waals surface area contributed by atoms with Crippen molar-refractivity contribution in [2.24, 2.45) is 0 Å². The van der Waals surface area contributed by atoms with Crippen molar-refractivity contribution in [3.05, 3.63) is 101 Å². The molecule has 1 unspecified atom stereocenters. The fourth-order valence-electron chi connectivity index (χ4n) is 6.01. The van der Waals surface area contributed by atoms with Crippen molar-refractivity contribution >= 4 is 45.0 Å². The number of halogens is 1. The van der Waals surface area contributed by atoms with E-state index in [0.717, 1.165) is 5.69 Å². The molecule has 1 fully saturated rings. The minimum Gasteiger partial charge on any atom is -0.497 e. The molecular weight excluding hydrogens is 660 g/mol. The van der Waals surface area contributed by atoms with E-state index in [4.69, 9.17) is 30.5 Å². The number of nitrogens with zero attached hydrogens (tertiary/aromatic N) is 4. The van der Waals surface area contributed by atoms with Gasteiger partial charge in [0.25, 0.3) is 15.9 Å². The molecule has 2 amide bonds. The zero-order valence-corrected chi connectivity index (χ0v) is 28.0. The van der Waals surface area contributed by atoms with Crippen molar-refractivity contribution in [1.82, 2.24) is 9.88 Å². The highest BCUT2D eigenvalue weighted by Crippen LogP contribution is 2.52. The van der Waals surface area contributed by atoms with E-state index in [9.17, 15) is 13.2 Å². The van der Waals surface area contributed by atoms with Crippen molar-refractivity contribution in [2.45, 2.75) is 17.4 Å². The first-order valence-corrected chi connectivity index (χ1v) is 16.9. The molecule has 4 aromatic rings. The normalized spacial score (nSPS) is 17.6. The van der Waals surface area contributed by atoms with Crippen LogP contribution in [-0.4, -0.2) is 77.3 Å². The maximum Gasteiger partial charge on any atom is 0.411 e. The third-order valence-electron chi connectivity index (χ3n) is 8.30. The van der Waals surface area contributed by atoms with E-state index < -0.39 is 27.6 Å². The SMILES string of the molecule is CCOc1ccccc1C1(OC(=O)N2CCN(c3ccncc3)CC2)C(=O)N(S(=O)(=O)c2ccc(OC)cc2OC)c2ccc(Cl)cc21. The van der Waals surface area contributed by atoms with Crippen LogP contribution in [0.25, 0.3) is 0 Å². The van der Waals surface area contributed by atoms with E-state index in [2.05, 4.69) is 9.88 Å². The van der Waals surface area contributed by atoms with Crippen molar-refractivity contribution < 1.29 is 37.0 Å². The molecule has 1 aromatic heterocycles. The number of carbonyl (C=O) groups is 2. The van der Waals surface area contributed by atoms with Gasteiger partial charge in [-0.1, -0.05) is 29.8 Å². The maximum atomic E-state index is 15.0. The summed E-state index contributed by atoms with van der Waals surface area (Å²) in [5, 5.41) is 0.197. The highest BCUT2D eigenvalue weighted by molar-refractivity contribution is 7.93. The summed E-state index contributed by atoms with van der Waals surface area (Å²) in [6.07, 6.45) is 2.59. The Kier molecular flexibility index (Phi) is 9.08. The second kappa shape index (κ2) is 13.2. The van der Waals surface area contributed by atoms with Gasteiger partial charge in [-0.05, 0) is 55.5 Å². The molecule has 48 heavy (non-hydrogen) atoms. The number of aromatic nitrogens is 1. The maximum absolute atomic E-state index is 15.0.